The number of aliphatic hydroxyl groups excluding tert-OH is 1. The van der Waals surface area contributed by atoms with Gasteiger partial charge in [0.2, 0.25) is 0 Å². The Morgan fingerprint density at radius 3 is 2.60 bits per heavy atom. The van der Waals surface area contributed by atoms with Crippen LogP contribution in [0.1, 0.15) is 29.3 Å². The van der Waals surface area contributed by atoms with Crippen molar-refractivity contribution < 1.29 is 23.4 Å². The smallest absolute Gasteiger partial charge is 0.255 e. The zero-order valence-electron chi connectivity index (χ0n) is 19.1. The van der Waals surface area contributed by atoms with Gasteiger partial charge in [-0.05, 0) is 54.3 Å². The largest absolute Gasteiger partial charge is 0.493 e. The Morgan fingerprint density at radius 2 is 1.89 bits per heavy atom. The summed E-state index contributed by atoms with van der Waals surface area (Å²) in [6.07, 6.45) is 2.95. The van der Waals surface area contributed by atoms with Gasteiger partial charge in [-0.2, -0.15) is 0 Å². The summed E-state index contributed by atoms with van der Waals surface area (Å²) in [5, 5.41) is 13.7. The highest BCUT2D eigenvalue weighted by molar-refractivity contribution is 6.30. The maximum atomic E-state index is 14.5. The Kier molecular flexibility index (Phi) is 7.68. The number of hydrogen-bond acceptors (Lipinski definition) is 3. The van der Waals surface area contributed by atoms with Crippen LogP contribution in [0.5, 0.6) is 5.75 Å². The molecule has 0 spiro atoms. The van der Waals surface area contributed by atoms with Crippen molar-refractivity contribution >= 4 is 28.4 Å². The molecule has 0 saturated heterocycles. The highest BCUT2D eigenvalue weighted by Gasteiger charge is 2.21. The summed E-state index contributed by atoms with van der Waals surface area (Å²) < 4.78 is 34.8. The number of aliphatic hydroxyl groups is 1. The van der Waals surface area contributed by atoms with Gasteiger partial charge in [-0.15, -0.1) is 0 Å². The van der Waals surface area contributed by atoms with Gasteiger partial charge in [-0.3, -0.25) is 4.79 Å². The van der Waals surface area contributed by atoms with Crippen molar-refractivity contribution in [1.82, 2.24) is 10.3 Å². The minimum atomic E-state index is -0.837. The molecule has 4 aromatic rings. The molecule has 0 saturated carbocycles. The van der Waals surface area contributed by atoms with Crippen LogP contribution in [0.2, 0.25) is 5.02 Å². The minimum absolute atomic E-state index is 0.0623. The van der Waals surface area contributed by atoms with Crippen molar-refractivity contribution in [3.63, 3.8) is 0 Å². The molecule has 0 aliphatic rings. The van der Waals surface area contributed by atoms with E-state index in [1.54, 1.807) is 0 Å². The normalized spacial score (nSPS) is 12.0. The predicted molar refractivity (Wildman–Crippen MR) is 133 cm³/mol. The van der Waals surface area contributed by atoms with Crippen molar-refractivity contribution in [3.05, 3.63) is 88.6 Å². The summed E-state index contributed by atoms with van der Waals surface area (Å²) >= 11 is 5.75. The number of para-hydroxylation sites is 1. The van der Waals surface area contributed by atoms with E-state index in [1.165, 1.54) is 18.2 Å². The van der Waals surface area contributed by atoms with E-state index >= 15 is 0 Å². The fourth-order valence-corrected chi connectivity index (χ4v) is 4.20. The van der Waals surface area contributed by atoms with Crippen molar-refractivity contribution in [2.45, 2.75) is 25.8 Å². The molecule has 1 heterocycles. The SMILES string of the molecule is CCCOc1ccc(-c2c(F)cc(Cl)cc2F)cc1C(=O)N[C@H](CO)Cc1c[nH]c2ccccc12. The lowest BCUT2D eigenvalue weighted by atomic mass is 10.00. The number of amides is 1. The first-order chi connectivity index (χ1) is 16.9. The number of ether oxygens (including phenoxy) is 1. The summed E-state index contributed by atoms with van der Waals surface area (Å²) in [4.78, 5) is 16.5. The Hall–Kier alpha value is -3.42. The van der Waals surface area contributed by atoms with Crippen LogP contribution in [0.4, 0.5) is 8.78 Å². The number of aromatic amines is 1. The Labute approximate surface area is 206 Å². The lowest BCUT2D eigenvalue weighted by Crippen LogP contribution is -2.39. The molecular weight excluding hydrogens is 474 g/mol. The lowest BCUT2D eigenvalue weighted by molar-refractivity contribution is 0.0912. The van der Waals surface area contributed by atoms with E-state index in [9.17, 15) is 18.7 Å². The van der Waals surface area contributed by atoms with Gasteiger partial charge in [0.05, 0.1) is 30.4 Å². The maximum absolute atomic E-state index is 14.5. The second-order valence-electron chi connectivity index (χ2n) is 8.22. The van der Waals surface area contributed by atoms with Crippen molar-refractivity contribution in [1.29, 1.82) is 0 Å². The molecule has 0 aliphatic heterocycles. The van der Waals surface area contributed by atoms with Crippen LogP contribution in [0.3, 0.4) is 0 Å². The van der Waals surface area contributed by atoms with Gasteiger partial charge in [0.15, 0.2) is 0 Å². The van der Waals surface area contributed by atoms with E-state index in [0.717, 1.165) is 28.6 Å². The molecule has 0 fully saturated rings. The van der Waals surface area contributed by atoms with Gasteiger partial charge in [0.1, 0.15) is 17.4 Å². The molecule has 35 heavy (non-hydrogen) atoms. The molecule has 0 aliphatic carbocycles. The van der Waals surface area contributed by atoms with Crippen LogP contribution in [0, 0.1) is 11.6 Å². The molecule has 8 heteroatoms. The molecule has 3 N–H and O–H groups in total. The fourth-order valence-electron chi connectivity index (χ4n) is 4.01. The number of carbonyl (C=O) groups is 1. The molecule has 1 aromatic heterocycles. The zero-order chi connectivity index (χ0) is 24.9. The summed E-state index contributed by atoms with van der Waals surface area (Å²) in [6, 6.07) is 13.6. The first kappa shape index (κ1) is 24.7. The minimum Gasteiger partial charge on any atom is -0.493 e. The average Bonchev–Trinajstić information content (AvgIpc) is 3.24. The highest BCUT2D eigenvalue weighted by Crippen LogP contribution is 2.32. The topological polar surface area (TPSA) is 74.3 Å². The molecule has 0 radical (unpaired) electrons. The number of nitrogens with one attached hydrogen (secondary N) is 2. The van der Waals surface area contributed by atoms with Crippen LogP contribution in [0.25, 0.3) is 22.0 Å². The van der Waals surface area contributed by atoms with E-state index in [-0.39, 0.29) is 34.1 Å². The van der Waals surface area contributed by atoms with Crippen LogP contribution < -0.4 is 10.1 Å². The average molecular weight is 499 g/mol. The maximum Gasteiger partial charge on any atom is 0.255 e. The quantitative estimate of drug-likeness (QED) is 0.269. The monoisotopic (exact) mass is 498 g/mol. The number of rotatable bonds is 9. The van der Waals surface area contributed by atoms with E-state index in [4.69, 9.17) is 16.3 Å². The number of aromatic nitrogens is 1. The number of halogens is 3. The molecule has 1 amide bonds. The second kappa shape index (κ2) is 10.9. The highest BCUT2D eigenvalue weighted by atomic mass is 35.5. The summed E-state index contributed by atoms with van der Waals surface area (Å²) in [6.45, 7) is 1.99. The third-order valence-electron chi connectivity index (χ3n) is 5.68. The summed E-state index contributed by atoms with van der Waals surface area (Å²) in [5.41, 5.74) is 1.90. The summed E-state index contributed by atoms with van der Waals surface area (Å²) in [7, 11) is 0. The molecule has 0 bridgehead atoms. The number of benzene rings is 3. The first-order valence-corrected chi connectivity index (χ1v) is 11.7. The van der Waals surface area contributed by atoms with Gasteiger partial charge in [-0.25, -0.2) is 8.78 Å². The molecule has 182 valence electrons. The van der Waals surface area contributed by atoms with Gasteiger partial charge in [0, 0.05) is 22.1 Å². The Balaban J connectivity index is 1.64. The van der Waals surface area contributed by atoms with E-state index < -0.39 is 23.6 Å². The number of carbonyl (C=O) groups excluding carboxylic acids is 1. The molecule has 3 aromatic carbocycles. The Morgan fingerprint density at radius 1 is 1.14 bits per heavy atom. The number of fused-ring (bicyclic) bond motifs is 1. The predicted octanol–water partition coefficient (Wildman–Crippen LogP) is 5.89. The van der Waals surface area contributed by atoms with Gasteiger partial charge < -0.3 is 20.1 Å². The summed E-state index contributed by atoms with van der Waals surface area (Å²) in [5.74, 6) is -1.91. The molecule has 5 nitrogen and oxygen atoms in total. The van der Waals surface area contributed by atoms with Gasteiger partial charge in [0.25, 0.3) is 5.91 Å². The van der Waals surface area contributed by atoms with Crippen LogP contribution in [0.15, 0.2) is 60.8 Å². The lowest BCUT2D eigenvalue weighted by Gasteiger charge is -2.18. The molecular formula is C27H25ClF2N2O3. The van der Waals surface area contributed by atoms with Crippen molar-refractivity contribution in [2.75, 3.05) is 13.2 Å². The molecule has 0 unspecified atom stereocenters. The van der Waals surface area contributed by atoms with Crippen LogP contribution >= 0.6 is 11.6 Å². The first-order valence-electron chi connectivity index (χ1n) is 11.3. The van der Waals surface area contributed by atoms with Crippen molar-refractivity contribution in [2.24, 2.45) is 0 Å². The number of H-pyrrole nitrogens is 1. The van der Waals surface area contributed by atoms with E-state index in [0.29, 0.717) is 19.4 Å². The third kappa shape index (κ3) is 5.47. The molecule has 1 atom stereocenters. The van der Waals surface area contributed by atoms with E-state index in [1.807, 2.05) is 37.4 Å². The zero-order valence-corrected chi connectivity index (χ0v) is 19.8. The third-order valence-corrected chi connectivity index (χ3v) is 5.90. The standard InChI is InChI=1S/C27H25ClF2N2O3/c1-2-9-35-25-8-7-16(26-22(29)12-18(28)13-23(26)30)11-21(25)27(34)32-19(15-33)10-17-14-31-24-6-4-3-5-20(17)24/h3-8,11-14,19,31,33H,2,9-10,15H2,1H3,(H,32,34)/t19-/m0/s1. The van der Waals surface area contributed by atoms with Crippen LogP contribution in [-0.2, 0) is 6.42 Å². The second-order valence-corrected chi connectivity index (χ2v) is 8.66. The van der Waals surface area contributed by atoms with Gasteiger partial charge in [-0.1, -0.05) is 42.8 Å². The van der Waals surface area contributed by atoms with Crippen LogP contribution in [-0.4, -0.2) is 35.3 Å². The number of hydrogen-bond donors (Lipinski definition) is 3. The van der Waals surface area contributed by atoms with Crippen molar-refractivity contribution in [3.8, 4) is 16.9 Å². The Bertz CT molecular complexity index is 1330. The van der Waals surface area contributed by atoms with E-state index in [2.05, 4.69) is 10.3 Å². The van der Waals surface area contributed by atoms with Gasteiger partial charge >= 0.3 is 0 Å². The fraction of sp³-hybridized carbons (Fsp3) is 0.222. The molecule has 4 rings (SSSR count).